The van der Waals surface area contributed by atoms with Gasteiger partial charge in [0, 0.05) is 12.7 Å². The maximum Gasteiger partial charge on any atom is 0.282 e. The fourth-order valence-electron chi connectivity index (χ4n) is 2.23. The predicted molar refractivity (Wildman–Crippen MR) is 87.1 cm³/mol. The summed E-state index contributed by atoms with van der Waals surface area (Å²) >= 11 is 0. The number of carbonyl (C=O) groups excluding carboxylic acids is 2. The third kappa shape index (κ3) is 4.03. The van der Waals surface area contributed by atoms with Gasteiger partial charge < -0.3 is 4.74 Å². The van der Waals surface area contributed by atoms with Crippen LogP contribution in [-0.4, -0.2) is 30.6 Å². The van der Waals surface area contributed by atoms with Crippen LogP contribution in [0.3, 0.4) is 0 Å². The van der Waals surface area contributed by atoms with Gasteiger partial charge in [-0.3, -0.25) is 14.8 Å². The molecule has 0 fully saturated rings. The zero-order valence-corrected chi connectivity index (χ0v) is 13.2. The molecule has 0 unspecified atom stereocenters. The van der Waals surface area contributed by atoms with Crippen LogP contribution in [0.1, 0.15) is 33.2 Å². The zero-order valence-electron chi connectivity index (χ0n) is 13.2. The van der Waals surface area contributed by atoms with E-state index in [1.807, 2.05) is 12.1 Å². The Hall–Kier alpha value is -2.50. The van der Waals surface area contributed by atoms with Gasteiger partial charge >= 0.3 is 0 Å². The summed E-state index contributed by atoms with van der Waals surface area (Å²) in [6, 6.07) is 13.4. The molecule has 0 bridgehead atoms. The van der Waals surface area contributed by atoms with Crippen molar-refractivity contribution in [3.63, 3.8) is 0 Å². The van der Waals surface area contributed by atoms with E-state index in [2.05, 4.69) is 0 Å². The van der Waals surface area contributed by atoms with Gasteiger partial charge in [-0.2, -0.15) is 5.06 Å². The second-order valence-electron chi connectivity index (χ2n) is 5.13. The normalized spacial score (nSPS) is 10.4. The Kier molecular flexibility index (Phi) is 5.62. The average molecular weight is 313 g/mol. The number of hydrogen-bond donors (Lipinski definition) is 1. The Bertz CT molecular complexity index is 694. The fraction of sp³-hybridized carbons (Fsp3) is 0.222. The van der Waals surface area contributed by atoms with Crippen LogP contribution in [0.2, 0.25) is 0 Å². The summed E-state index contributed by atoms with van der Waals surface area (Å²) in [7, 11) is 1.63. The average Bonchev–Trinajstić information content (AvgIpc) is 2.59. The number of carbonyl (C=O) groups is 2. The molecule has 1 amide bonds. The minimum atomic E-state index is -0.638. The van der Waals surface area contributed by atoms with E-state index < -0.39 is 5.91 Å². The highest BCUT2D eigenvalue weighted by Crippen LogP contribution is 2.19. The first-order valence-electron chi connectivity index (χ1n) is 7.25. The molecule has 5 heteroatoms. The Balaban J connectivity index is 2.21. The molecule has 120 valence electrons. The highest BCUT2D eigenvalue weighted by molar-refractivity contribution is 6.12. The monoisotopic (exact) mass is 313 g/mol. The van der Waals surface area contributed by atoms with E-state index in [1.54, 1.807) is 37.4 Å². The minimum Gasteiger partial charge on any atom is -0.384 e. The van der Waals surface area contributed by atoms with Crippen LogP contribution in [-0.2, 0) is 11.2 Å². The number of anilines is 1. The smallest absolute Gasteiger partial charge is 0.282 e. The van der Waals surface area contributed by atoms with Crippen molar-refractivity contribution in [3.8, 4) is 0 Å². The fourth-order valence-corrected chi connectivity index (χ4v) is 2.23. The molecule has 0 atom stereocenters. The van der Waals surface area contributed by atoms with E-state index in [-0.39, 0.29) is 16.9 Å². The largest absolute Gasteiger partial charge is 0.384 e. The van der Waals surface area contributed by atoms with Crippen LogP contribution in [0.4, 0.5) is 5.69 Å². The quantitative estimate of drug-likeness (QED) is 0.505. The number of ketones is 1. The molecule has 0 aliphatic heterocycles. The van der Waals surface area contributed by atoms with Crippen molar-refractivity contribution in [3.05, 3.63) is 65.2 Å². The van der Waals surface area contributed by atoms with E-state index in [0.717, 1.165) is 12.0 Å². The third-order valence-electron chi connectivity index (χ3n) is 3.50. The maximum atomic E-state index is 12.4. The number of methoxy groups -OCH3 is 1. The molecular formula is C18H19NO4. The van der Waals surface area contributed by atoms with Gasteiger partial charge in [0.05, 0.1) is 17.9 Å². The molecule has 2 aromatic rings. The lowest BCUT2D eigenvalue weighted by atomic mass is 10.0. The van der Waals surface area contributed by atoms with Gasteiger partial charge in [0.15, 0.2) is 5.78 Å². The summed E-state index contributed by atoms with van der Waals surface area (Å²) in [4.78, 5) is 24.0. The highest BCUT2D eigenvalue weighted by atomic mass is 16.5. The van der Waals surface area contributed by atoms with Crippen LogP contribution >= 0.6 is 0 Å². The third-order valence-corrected chi connectivity index (χ3v) is 3.50. The van der Waals surface area contributed by atoms with Crippen LogP contribution in [0.5, 0.6) is 0 Å². The van der Waals surface area contributed by atoms with Gasteiger partial charge in [0.1, 0.15) is 0 Å². The van der Waals surface area contributed by atoms with Gasteiger partial charge in [-0.1, -0.05) is 30.3 Å². The zero-order chi connectivity index (χ0) is 16.8. The summed E-state index contributed by atoms with van der Waals surface area (Å²) in [5, 5.41) is 10.7. The number of rotatable bonds is 6. The van der Waals surface area contributed by atoms with Crippen molar-refractivity contribution in [2.24, 2.45) is 0 Å². The summed E-state index contributed by atoms with van der Waals surface area (Å²) in [5.41, 5.74) is 1.84. The van der Waals surface area contributed by atoms with E-state index >= 15 is 0 Å². The SMILES string of the molecule is COCCc1ccc(N(O)C(=O)c2ccccc2C(C)=O)cc1. The molecule has 2 rings (SSSR count). The van der Waals surface area contributed by atoms with Crippen molar-refractivity contribution in [2.75, 3.05) is 18.8 Å². The molecule has 1 N–H and O–H groups in total. The molecule has 0 radical (unpaired) electrons. The second kappa shape index (κ2) is 7.67. The van der Waals surface area contributed by atoms with Crippen LogP contribution in [0.15, 0.2) is 48.5 Å². The van der Waals surface area contributed by atoms with Crippen molar-refractivity contribution in [1.29, 1.82) is 0 Å². The van der Waals surface area contributed by atoms with Gasteiger partial charge in [0.2, 0.25) is 0 Å². The lowest BCUT2D eigenvalue weighted by Crippen LogP contribution is -2.28. The molecule has 5 nitrogen and oxygen atoms in total. The molecule has 0 spiro atoms. The summed E-state index contributed by atoms with van der Waals surface area (Å²) in [5.74, 6) is -0.863. The number of benzene rings is 2. The van der Waals surface area contributed by atoms with Gasteiger partial charge in [-0.25, -0.2) is 0 Å². The number of nitrogens with zero attached hydrogens (tertiary/aromatic N) is 1. The first-order chi connectivity index (χ1) is 11.0. The maximum absolute atomic E-state index is 12.4. The number of hydrogen-bond acceptors (Lipinski definition) is 4. The molecule has 2 aromatic carbocycles. The topological polar surface area (TPSA) is 66.8 Å². The Morgan fingerprint density at radius 3 is 2.22 bits per heavy atom. The first-order valence-corrected chi connectivity index (χ1v) is 7.25. The van der Waals surface area contributed by atoms with E-state index in [9.17, 15) is 14.8 Å². The Morgan fingerprint density at radius 2 is 1.65 bits per heavy atom. The molecule has 0 aromatic heterocycles. The van der Waals surface area contributed by atoms with E-state index in [1.165, 1.54) is 13.0 Å². The van der Waals surface area contributed by atoms with Gasteiger partial charge in [0.25, 0.3) is 5.91 Å². The summed E-state index contributed by atoms with van der Waals surface area (Å²) in [6.45, 7) is 1.99. The number of Topliss-reactive ketones (excluding diaryl/α,β-unsaturated/α-hetero) is 1. The van der Waals surface area contributed by atoms with E-state index in [4.69, 9.17) is 4.74 Å². The van der Waals surface area contributed by atoms with E-state index in [0.29, 0.717) is 17.4 Å². The van der Waals surface area contributed by atoms with Gasteiger partial charge in [-0.05, 0) is 37.1 Å². The Labute approximate surface area is 135 Å². The Morgan fingerprint density at radius 1 is 1.04 bits per heavy atom. The summed E-state index contributed by atoms with van der Waals surface area (Å²) < 4.78 is 5.01. The molecule has 0 saturated carbocycles. The number of hydroxylamine groups is 1. The minimum absolute atomic E-state index is 0.172. The van der Waals surface area contributed by atoms with Crippen molar-refractivity contribution in [1.82, 2.24) is 0 Å². The first kappa shape index (κ1) is 16.9. The molecule has 0 heterocycles. The van der Waals surface area contributed by atoms with Crippen LogP contribution in [0.25, 0.3) is 0 Å². The van der Waals surface area contributed by atoms with Crippen LogP contribution < -0.4 is 5.06 Å². The predicted octanol–water partition coefficient (Wildman–Crippen LogP) is 3.11. The molecule has 23 heavy (non-hydrogen) atoms. The van der Waals surface area contributed by atoms with Crippen molar-refractivity contribution in [2.45, 2.75) is 13.3 Å². The van der Waals surface area contributed by atoms with Gasteiger partial charge in [-0.15, -0.1) is 0 Å². The summed E-state index contributed by atoms with van der Waals surface area (Å²) in [6.07, 6.45) is 0.753. The number of amides is 1. The molecule has 0 aliphatic carbocycles. The lowest BCUT2D eigenvalue weighted by molar-refractivity contribution is 0.0848. The molecular weight excluding hydrogens is 294 g/mol. The second-order valence-corrected chi connectivity index (χ2v) is 5.13. The van der Waals surface area contributed by atoms with Crippen molar-refractivity contribution >= 4 is 17.4 Å². The standard InChI is InChI=1S/C18H19NO4/c1-13(20)16-5-3-4-6-17(16)18(21)19(22)15-9-7-14(8-10-15)11-12-23-2/h3-10,22H,11-12H2,1-2H3. The van der Waals surface area contributed by atoms with Crippen molar-refractivity contribution < 1.29 is 19.5 Å². The molecule has 0 saturated heterocycles. The highest BCUT2D eigenvalue weighted by Gasteiger charge is 2.20. The lowest BCUT2D eigenvalue weighted by Gasteiger charge is -2.17. The molecule has 0 aliphatic rings. The van der Waals surface area contributed by atoms with Crippen LogP contribution in [0, 0.1) is 0 Å². The number of ether oxygens (including phenoxy) is 1.